The molecule has 4 heteroatoms. The summed E-state index contributed by atoms with van der Waals surface area (Å²) in [6.45, 7) is 0. The number of pyridine rings is 1. The fourth-order valence-corrected chi connectivity index (χ4v) is 3.88. The molecule has 0 spiro atoms. The maximum Gasteiger partial charge on any atom is 0.0723 e. The highest BCUT2D eigenvalue weighted by molar-refractivity contribution is 7.98. The van der Waals surface area contributed by atoms with Crippen molar-refractivity contribution in [1.29, 1.82) is 0 Å². The zero-order valence-electron chi connectivity index (χ0n) is 11.6. The fourth-order valence-electron chi connectivity index (χ4n) is 3.09. The summed E-state index contributed by atoms with van der Waals surface area (Å²) in [5, 5.41) is 3.62. The average molecular weight is 301 g/mol. The van der Waals surface area contributed by atoms with Gasteiger partial charge in [0.05, 0.1) is 11.0 Å². The standard InChI is InChI=1S/C18H11N3S/c1-3-11-5-7-15-16(18(11)22-20-10-1)13-6-8-14-12(17(13)21-15)4-2-9-19-14/h1-10,21H. The molecule has 0 unspecified atom stereocenters. The Morgan fingerprint density at radius 1 is 1.00 bits per heavy atom. The molecule has 0 amide bonds. The van der Waals surface area contributed by atoms with E-state index in [1.807, 2.05) is 24.6 Å². The first-order valence-corrected chi connectivity index (χ1v) is 7.88. The second kappa shape index (κ2) is 4.45. The lowest BCUT2D eigenvalue weighted by Crippen LogP contribution is -1.80. The average Bonchev–Trinajstić information content (AvgIpc) is 2.78. The Hall–Kier alpha value is -2.59. The van der Waals surface area contributed by atoms with Crippen molar-refractivity contribution < 1.29 is 0 Å². The van der Waals surface area contributed by atoms with Crippen LogP contribution in [0.2, 0.25) is 0 Å². The molecule has 1 aliphatic heterocycles. The van der Waals surface area contributed by atoms with Crippen LogP contribution >= 0.6 is 11.9 Å². The number of aromatic amines is 1. The molecule has 3 nitrogen and oxygen atoms in total. The first kappa shape index (κ1) is 12.0. The molecule has 0 fully saturated rings. The second-order valence-electron chi connectivity index (χ2n) is 5.29. The van der Waals surface area contributed by atoms with Crippen molar-refractivity contribution in [3.63, 3.8) is 0 Å². The molecule has 2 aromatic carbocycles. The van der Waals surface area contributed by atoms with Crippen LogP contribution in [0.15, 0.2) is 58.0 Å². The summed E-state index contributed by atoms with van der Waals surface area (Å²) in [6, 6.07) is 12.6. The van der Waals surface area contributed by atoms with E-state index in [2.05, 4.69) is 50.8 Å². The Bertz CT molecular complexity index is 1110. The van der Waals surface area contributed by atoms with Crippen LogP contribution in [0, 0.1) is 0 Å². The highest BCUT2D eigenvalue weighted by Crippen LogP contribution is 2.39. The van der Waals surface area contributed by atoms with Crippen molar-refractivity contribution in [1.82, 2.24) is 9.97 Å². The molecule has 1 N–H and O–H groups in total. The van der Waals surface area contributed by atoms with Crippen LogP contribution in [0.5, 0.6) is 0 Å². The summed E-state index contributed by atoms with van der Waals surface area (Å²) in [7, 11) is 0. The Morgan fingerprint density at radius 2 is 2.00 bits per heavy atom. The van der Waals surface area contributed by atoms with Gasteiger partial charge >= 0.3 is 0 Å². The number of benzene rings is 2. The minimum Gasteiger partial charge on any atom is -0.354 e. The lowest BCUT2D eigenvalue weighted by Gasteiger charge is -2.04. The van der Waals surface area contributed by atoms with E-state index in [-0.39, 0.29) is 0 Å². The second-order valence-corrected chi connectivity index (χ2v) is 6.10. The third-order valence-corrected chi connectivity index (χ3v) is 4.92. The molecule has 0 bridgehead atoms. The summed E-state index contributed by atoms with van der Waals surface area (Å²) in [5.41, 5.74) is 4.51. The number of fused-ring (bicyclic) bond motifs is 7. The minimum absolute atomic E-state index is 1.01. The predicted molar refractivity (Wildman–Crippen MR) is 94.5 cm³/mol. The van der Waals surface area contributed by atoms with Crippen molar-refractivity contribution in [3.05, 3.63) is 54.2 Å². The molecule has 0 radical (unpaired) electrons. The number of allylic oxidation sites excluding steroid dienone is 1. The third kappa shape index (κ3) is 1.58. The first-order chi connectivity index (χ1) is 10.9. The molecule has 0 saturated carbocycles. The number of nitrogens with zero attached hydrogens (tertiary/aromatic N) is 2. The summed E-state index contributed by atoms with van der Waals surface area (Å²) in [5.74, 6) is 0. The lowest BCUT2D eigenvalue weighted by atomic mass is 10.1. The smallest absolute Gasteiger partial charge is 0.0723 e. The van der Waals surface area contributed by atoms with E-state index >= 15 is 0 Å². The molecule has 5 rings (SSSR count). The van der Waals surface area contributed by atoms with E-state index in [0.29, 0.717) is 0 Å². The summed E-state index contributed by atoms with van der Waals surface area (Å²) in [4.78, 5) is 9.21. The fraction of sp³-hybridized carbons (Fsp3) is 0. The van der Waals surface area contributed by atoms with Crippen molar-refractivity contribution in [2.45, 2.75) is 4.90 Å². The molecule has 0 aliphatic carbocycles. The molecule has 4 aromatic rings. The number of nitrogens with one attached hydrogen (secondary N) is 1. The maximum atomic E-state index is 4.44. The van der Waals surface area contributed by atoms with Gasteiger partial charge in [-0.1, -0.05) is 12.1 Å². The summed E-state index contributed by atoms with van der Waals surface area (Å²) >= 11 is 1.54. The number of H-pyrrole nitrogens is 1. The van der Waals surface area contributed by atoms with E-state index in [4.69, 9.17) is 0 Å². The minimum atomic E-state index is 1.01. The van der Waals surface area contributed by atoms with E-state index in [0.717, 1.165) is 21.9 Å². The van der Waals surface area contributed by atoms with Gasteiger partial charge in [0.25, 0.3) is 0 Å². The molecular formula is C18H11N3S. The summed E-state index contributed by atoms with van der Waals surface area (Å²) in [6.07, 6.45) is 7.77. The number of rotatable bonds is 0. The van der Waals surface area contributed by atoms with Crippen LogP contribution in [0.4, 0.5) is 0 Å². The van der Waals surface area contributed by atoms with Gasteiger partial charge in [-0.05, 0) is 42.0 Å². The zero-order valence-corrected chi connectivity index (χ0v) is 12.4. The maximum absolute atomic E-state index is 4.44. The molecule has 0 saturated heterocycles. The molecule has 104 valence electrons. The molecule has 2 aromatic heterocycles. The largest absolute Gasteiger partial charge is 0.354 e. The van der Waals surface area contributed by atoms with Gasteiger partial charge in [0.15, 0.2) is 0 Å². The normalized spacial score (nSPS) is 13.8. The molecule has 0 atom stereocenters. The Balaban J connectivity index is 2.00. The van der Waals surface area contributed by atoms with Gasteiger partial charge in [-0.2, -0.15) is 0 Å². The quantitative estimate of drug-likeness (QED) is 0.466. The van der Waals surface area contributed by atoms with Crippen LogP contribution in [-0.2, 0) is 0 Å². The summed E-state index contributed by atoms with van der Waals surface area (Å²) < 4.78 is 4.39. The number of aromatic nitrogens is 2. The van der Waals surface area contributed by atoms with E-state index in [9.17, 15) is 0 Å². The van der Waals surface area contributed by atoms with Gasteiger partial charge in [0.1, 0.15) is 0 Å². The molecule has 1 aliphatic rings. The van der Waals surface area contributed by atoms with Crippen molar-refractivity contribution in [2.75, 3.05) is 0 Å². The van der Waals surface area contributed by atoms with Gasteiger partial charge in [-0.25, -0.2) is 4.40 Å². The van der Waals surface area contributed by atoms with Crippen LogP contribution in [0.1, 0.15) is 5.56 Å². The first-order valence-electron chi connectivity index (χ1n) is 7.11. The predicted octanol–water partition coefficient (Wildman–Crippen LogP) is 4.97. The third-order valence-electron chi connectivity index (χ3n) is 4.07. The molecule has 22 heavy (non-hydrogen) atoms. The van der Waals surface area contributed by atoms with Crippen LogP contribution in [-0.4, -0.2) is 16.2 Å². The van der Waals surface area contributed by atoms with E-state index in [1.54, 1.807) is 0 Å². The van der Waals surface area contributed by atoms with Gasteiger partial charge in [0, 0.05) is 50.9 Å². The highest BCUT2D eigenvalue weighted by atomic mass is 32.2. The van der Waals surface area contributed by atoms with Crippen LogP contribution in [0.3, 0.4) is 0 Å². The number of hydrogen-bond donors (Lipinski definition) is 1. The van der Waals surface area contributed by atoms with Gasteiger partial charge in [-0.3, -0.25) is 4.98 Å². The van der Waals surface area contributed by atoms with Crippen LogP contribution in [0.25, 0.3) is 38.8 Å². The van der Waals surface area contributed by atoms with Crippen molar-refractivity contribution in [2.24, 2.45) is 4.40 Å². The van der Waals surface area contributed by atoms with E-state index in [1.165, 1.54) is 33.2 Å². The molecular weight excluding hydrogens is 290 g/mol. The Labute approximate surface area is 130 Å². The highest BCUT2D eigenvalue weighted by Gasteiger charge is 2.14. The van der Waals surface area contributed by atoms with Crippen molar-refractivity contribution in [3.8, 4) is 0 Å². The van der Waals surface area contributed by atoms with Crippen LogP contribution < -0.4 is 0 Å². The molecule has 3 heterocycles. The van der Waals surface area contributed by atoms with Gasteiger partial charge < -0.3 is 4.98 Å². The number of hydrogen-bond acceptors (Lipinski definition) is 3. The SMILES string of the molecule is C1=Cc2ccc3[nH]c4c5cccnc5ccc4c3c2SN=C1. The Morgan fingerprint density at radius 3 is 3.00 bits per heavy atom. The monoisotopic (exact) mass is 301 g/mol. The van der Waals surface area contributed by atoms with Gasteiger partial charge in [0.2, 0.25) is 0 Å². The van der Waals surface area contributed by atoms with E-state index < -0.39 is 0 Å². The van der Waals surface area contributed by atoms with Gasteiger partial charge in [-0.15, -0.1) is 0 Å². The van der Waals surface area contributed by atoms with Crippen molar-refractivity contribution >= 4 is 56.9 Å². The topological polar surface area (TPSA) is 41.0 Å². The lowest BCUT2D eigenvalue weighted by molar-refractivity contribution is 1.42. The zero-order chi connectivity index (χ0) is 14.5. The Kier molecular flexibility index (Phi) is 2.43.